The maximum atomic E-state index is 5.70. The summed E-state index contributed by atoms with van der Waals surface area (Å²) in [7, 11) is 0. The zero-order valence-corrected chi connectivity index (χ0v) is 14.5. The summed E-state index contributed by atoms with van der Waals surface area (Å²) in [5, 5.41) is 11.7. The fourth-order valence-electron chi connectivity index (χ4n) is 2.55. The maximum absolute atomic E-state index is 5.70. The van der Waals surface area contributed by atoms with Gasteiger partial charge in [-0.1, -0.05) is 32.0 Å². The lowest BCUT2D eigenvalue weighted by Crippen LogP contribution is -2.28. The Kier molecular flexibility index (Phi) is 7.23. The highest BCUT2D eigenvalue weighted by Gasteiger charge is 2.09. The van der Waals surface area contributed by atoms with Gasteiger partial charge < -0.3 is 14.6 Å². The summed E-state index contributed by atoms with van der Waals surface area (Å²) < 4.78 is 5.70. The summed E-state index contributed by atoms with van der Waals surface area (Å²) >= 11 is 0. The number of hydrogen-bond donors (Lipinski definition) is 1. The van der Waals surface area contributed by atoms with Crippen LogP contribution in [0.25, 0.3) is 11.5 Å². The molecule has 2 rings (SSSR count). The number of rotatable bonds is 10. The highest BCUT2D eigenvalue weighted by molar-refractivity contribution is 5.51. The molecule has 0 amide bonds. The summed E-state index contributed by atoms with van der Waals surface area (Å²) in [6.07, 6.45) is 2.35. The van der Waals surface area contributed by atoms with Crippen molar-refractivity contribution in [3.05, 3.63) is 36.2 Å². The summed E-state index contributed by atoms with van der Waals surface area (Å²) in [5.74, 6) is 1.22. The standard InChI is InChI=1S/C18H28N4O/c1-4-22(5-2)13-9-10-15(3)19-14-17-20-21-18(23-17)16-11-7-6-8-12-16/h6-8,11-12,15,19H,4-5,9-10,13-14H2,1-3H3. The van der Waals surface area contributed by atoms with Gasteiger partial charge in [0.15, 0.2) is 0 Å². The van der Waals surface area contributed by atoms with E-state index in [-0.39, 0.29) is 0 Å². The topological polar surface area (TPSA) is 54.2 Å². The molecule has 0 fully saturated rings. The van der Waals surface area contributed by atoms with Crippen LogP contribution in [0.2, 0.25) is 0 Å². The zero-order chi connectivity index (χ0) is 16.5. The van der Waals surface area contributed by atoms with Gasteiger partial charge in [-0.2, -0.15) is 0 Å². The summed E-state index contributed by atoms with van der Waals surface area (Å²) in [5.41, 5.74) is 0.957. The molecule has 1 N–H and O–H groups in total. The molecule has 0 aliphatic heterocycles. The van der Waals surface area contributed by atoms with Gasteiger partial charge in [-0.15, -0.1) is 10.2 Å². The Hall–Kier alpha value is -1.72. The number of hydrogen-bond acceptors (Lipinski definition) is 5. The predicted octanol–water partition coefficient (Wildman–Crippen LogP) is 3.34. The minimum atomic E-state index is 0.442. The van der Waals surface area contributed by atoms with Crippen molar-refractivity contribution in [2.24, 2.45) is 0 Å². The molecule has 1 heterocycles. The molecule has 5 heteroatoms. The molecule has 0 aliphatic carbocycles. The lowest BCUT2D eigenvalue weighted by atomic mass is 10.1. The van der Waals surface area contributed by atoms with E-state index >= 15 is 0 Å². The smallest absolute Gasteiger partial charge is 0.247 e. The molecule has 0 aliphatic rings. The fraction of sp³-hybridized carbons (Fsp3) is 0.556. The molecule has 5 nitrogen and oxygen atoms in total. The monoisotopic (exact) mass is 316 g/mol. The van der Waals surface area contributed by atoms with Gasteiger partial charge in [0.1, 0.15) is 0 Å². The third-order valence-corrected chi connectivity index (χ3v) is 4.10. The van der Waals surface area contributed by atoms with Crippen LogP contribution in [0.4, 0.5) is 0 Å². The molecule has 1 atom stereocenters. The van der Waals surface area contributed by atoms with Crippen LogP contribution in [0, 0.1) is 0 Å². The second-order valence-electron chi connectivity index (χ2n) is 5.82. The molecule has 126 valence electrons. The van der Waals surface area contributed by atoms with E-state index in [9.17, 15) is 0 Å². The molecular weight excluding hydrogens is 288 g/mol. The maximum Gasteiger partial charge on any atom is 0.247 e. The first kappa shape index (κ1) is 17.6. The normalized spacial score (nSPS) is 12.7. The minimum Gasteiger partial charge on any atom is -0.419 e. The van der Waals surface area contributed by atoms with Crippen molar-refractivity contribution in [1.29, 1.82) is 0 Å². The number of benzene rings is 1. The third kappa shape index (κ3) is 5.77. The molecular formula is C18H28N4O. The predicted molar refractivity (Wildman–Crippen MR) is 93.1 cm³/mol. The Morgan fingerprint density at radius 2 is 1.87 bits per heavy atom. The first-order valence-corrected chi connectivity index (χ1v) is 8.56. The van der Waals surface area contributed by atoms with Crippen LogP contribution in [0.5, 0.6) is 0 Å². The summed E-state index contributed by atoms with van der Waals surface area (Å²) in [6, 6.07) is 10.3. The van der Waals surface area contributed by atoms with E-state index in [0.717, 1.165) is 31.6 Å². The molecule has 1 aromatic carbocycles. The van der Waals surface area contributed by atoms with Crippen LogP contribution in [-0.2, 0) is 6.54 Å². The average Bonchev–Trinajstić information content (AvgIpc) is 3.07. The van der Waals surface area contributed by atoms with Crippen molar-refractivity contribution >= 4 is 0 Å². The van der Waals surface area contributed by atoms with Crippen molar-refractivity contribution in [3.63, 3.8) is 0 Å². The SMILES string of the molecule is CCN(CC)CCCC(C)NCc1nnc(-c2ccccc2)o1. The molecule has 0 bridgehead atoms. The van der Waals surface area contributed by atoms with E-state index in [2.05, 4.69) is 41.2 Å². The molecule has 0 saturated heterocycles. The molecule has 1 unspecified atom stereocenters. The Morgan fingerprint density at radius 3 is 2.57 bits per heavy atom. The Morgan fingerprint density at radius 1 is 1.13 bits per heavy atom. The van der Waals surface area contributed by atoms with Gasteiger partial charge in [0, 0.05) is 11.6 Å². The van der Waals surface area contributed by atoms with E-state index in [0.29, 0.717) is 24.4 Å². The lowest BCUT2D eigenvalue weighted by molar-refractivity contribution is 0.289. The highest BCUT2D eigenvalue weighted by atomic mass is 16.4. The van der Waals surface area contributed by atoms with Crippen molar-refractivity contribution < 1.29 is 4.42 Å². The number of aromatic nitrogens is 2. The van der Waals surface area contributed by atoms with Gasteiger partial charge in [-0.25, -0.2) is 0 Å². The second kappa shape index (κ2) is 9.43. The van der Waals surface area contributed by atoms with E-state index in [1.807, 2.05) is 30.3 Å². The Bertz CT molecular complexity index is 551. The molecule has 0 saturated carbocycles. The van der Waals surface area contributed by atoms with Crippen molar-refractivity contribution in [1.82, 2.24) is 20.4 Å². The Balaban J connectivity index is 1.72. The van der Waals surface area contributed by atoms with E-state index in [4.69, 9.17) is 4.42 Å². The van der Waals surface area contributed by atoms with E-state index in [1.165, 1.54) is 6.42 Å². The molecule has 1 aromatic heterocycles. The first-order chi connectivity index (χ1) is 11.2. The highest BCUT2D eigenvalue weighted by Crippen LogP contribution is 2.16. The van der Waals surface area contributed by atoms with Crippen LogP contribution >= 0.6 is 0 Å². The number of nitrogens with one attached hydrogen (secondary N) is 1. The fourth-order valence-corrected chi connectivity index (χ4v) is 2.55. The zero-order valence-electron chi connectivity index (χ0n) is 14.5. The van der Waals surface area contributed by atoms with Gasteiger partial charge in [0.05, 0.1) is 6.54 Å². The molecule has 2 aromatic rings. The quantitative estimate of drug-likeness (QED) is 0.728. The van der Waals surface area contributed by atoms with Crippen LogP contribution < -0.4 is 5.32 Å². The van der Waals surface area contributed by atoms with Crippen LogP contribution in [0.3, 0.4) is 0 Å². The number of nitrogens with zero attached hydrogens (tertiary/aromatic N) is 3. The van der Waals surface area contributed by atoms with Gasteiger partial charge >= 0.3 is 0 Å². The molecule has 0 spiro atoms. The van der Waals surface area contributed by atoms with Crippen molar-refractivity contribution in [3.8, 4) is 11.5 Å². The first-order valence-electron chi connectivity index (χ1n) is 8.56. The van der Waals surface area contributed by atoms with Gasteiger partial charge in [-0.05, 0) is 51.5 Å². The largest absolute Gasteiger partial charge is 0.419 e. The van der Waals surface area contributed by atoms with Gasteiger partial charge in [0.2, 0.25) is 11.8 Å². The summed E-state index contributed by atoms with van der Waals surface area (Å²) in [6.45, 7) is 10.7. The van der Waals surface area contributed by atoms with Gasteiger partial charge in [-0.3, -0.25) is 0 Å². The van der Waals surface area contributed by atoms with Crippen LogP contribution in [0.15, 0.2) is 34.7 Å². The Labute approximate surface area is 139 Å². The average molecular weight is 316 g/mol. The second-order valence-corrected chi connectivity index (χ2v) is 5.82. The van der Waals surface area contributed by atoms with Gasteiger partial charge in [0.25, 0.3) is 0 Å². The lowest BCUT2D eigenvalue weighted by Gasteiger charge is -2.19. The van der Waals surface area contributed by atoms with E-state index < -0.39 is 0 Å². The molecule has 23 heavy (non-hydrogen) atoms. The third-order valence-electron chi connectivity index (χ3n) is 4.10. The minimum absolute atomic E-state index is 0.442. The van der Waals surface area contributed by atoms with Crippen LogP contribution in [-0.4, -0.2) is 40.8 Å². The van der Waals surface area contributed by atoms with E-state index in [1.54, 1.807) is 0 Å². The van der Waals surface area contributed by atoms with Crippen molar-refractivity contribution in [2.45, 2.75) is 46.2 Å². The molecule has 0 radical (unpaired) electrons. The van der Waals surface area contributed by atoms with Crippen LogP contribution in [0.1, 0.15) is 39.5 Å². The van der Waals surface area contributed by atoms with Crippen molar-refractivity contribution in [2.75, 3.05) is 19.6 Å². The summed E-state index contributed by atoms with van der Waals surface area (Å²) in [4.78, 5) is 2.46.